The smallest absolute Gasteiger partial charge is 0.317 e. The summed E-state index contributed by atoms with van der Waals surface area (Å²) < 4.78 is 0. The highest BCUT2D eigenvalue weighted by Gasteiger charge is 2.08. The van der Waals surface area contributed by atoms with Crippen LogP contribution in [-0.2, 0) is 4.79 Å². The molecule has 0 atom stereocenters. The molecule has 0 radical (unpaired) electrons. The molecule has 3 heteroatoms. The van der Waals surface area contributed by atoms with Crippen molar-refractivity contribution in [3.05, 3.63) is 24.3 Å². The average molecular weight is 352 g/mol. The van der Waals surface area contributed by atoms with E-state index < -0.39 is 5.97 Å². The van der Waals surface area contributed by atoms with Crippen LogP contribution in [-0.4, -0.2) is 35.6 Å². The second kappa shape index (κ2) is 19.2. The Morgan fingerprint density at radius 2 is 1.12 bits per heavy atom. The molecule has 3 nitrogen and oxygen atoms in total. The summed E-state index contributed by atoms with van der Waals surface area (Å²) in [6, 6.07) is 0. The minimum absolute atomic E-state index is 0.167. The number of nitrogens with zero attached hydrogens (tertiary/aromatic N) is 1. The van der Waals surface area contributed by atoms with E-state index in [-0.39, 0.29) is 6.54 Å². The Kier molecular flexibility index (Phi) is 18.4. The van der Waals surface area contributed by atoms with Crippen molar-refractivity contribution in [2.24, 2.45) is 0 Å². The van der Waals surface area contributed by atoms with E-state index >= 15 is 0 Å². The van der Waals surface area contributed by atoms with Gasteiger partial charge < -0.3 is 5.11 Å². The summed E-state index contributed by atoms with van der Waals surface area (Å²) in [5.41, 5.74) is 0. The van der Waals surface area contributed by atoms with Crippen LogP contribution in [0.15, 0.2) is 24.3 Å². The summed E-state index contributed by atoms with van der Waals surface area (Å²) in [5, 5.41) is 9.06. The highest BCUT2D eigenvalue weighted by atomic mass is 16.4. The van der Waals surface area contributed by atoms with Gasteiger partial charge in [-0.3, -0.25) is 9.69 Å². The van der Waals surface area contributed by atoms with Gasteiger partial charge in [0.25, 0.3) is 0 Å². The molecule has 0 saturated carbocycles. The zero-order chi connectivity index (χ0) is 18.6. The number of hydrogen-bond donors (Lipinski definition) is 1. The van der Waals surface area contributed by atoms with Crippen molar-refractivity contribution in [1.29, 1.82) is 0 Å². The normalized spacial score (nSPS) is 12.0. The summed E-state index contributed by atoms with van der Waals surface area (Å²) in [6.07, 6.45) is 23.4. The number of rotatable bonds is 18. The van der Waals surface area contributed by atoms with Gasteiger partial charge in [-0.2, -0.15) is 0 Å². The van der Waals surface area contributed by atoms with Crippen LogP contribution in [0, 0.1) is 0 Å². The van der Waals surface area contributed by atoms with Crippen molar-refractivity contribution in [2.45, 2.75) is 90.9 Å². The Bertz CT molecular complexity index is 324. The summed E-state index contributed by atoms with van der Waals surface area (Å²) in [4.78, 5) is 13.1. The lowest BCUT2D eigenvalue weighted by atomic mass is 10.1. The van der Waals surface area contributed by atoms with E-state index in [4.69, 9.17) is 5.11 Å². The Labute approximate surface area is 156 Å². The molecule has 0 aromatic heterocycles. The Morgan fingerprint density at radius 1 is 0.720 bits per heavy atom. The molecule has 0 amide bonds. The molecule has 0 unspecified atom stereocenters. The number of hydrogen-bond acceptors (Lipinski definition) is 2. The van der Waals surface area contributed by atoms with E-state index in [1.165, 1.54) is 51.4 Å². The third-order valence-electron chi connectivity index (χ3n) is 4.33. The molecule has 0 heterocycles. The number of allylic oxidation sites excluding steroid dienone is 4. The zero-order valence-electron chi connectivity index (χ0n) is 16.7. The van der Waals surface area contributed by atoms with Crippen molar-refractivity contribution in [2.75, 3.05) is 19.6 Å². The number of carbonyl (C=O) groups is 1. The monoisotopic (exact) mass is 351 g/mol. The maximum atomic E-state index is 11.0. The topological polar surface area (TPSA) is 40.5 Å². The second-order valence-electron chi connectivity index (χ2n) is 6.89. The highest BCUT2D eigenvalue weighted by molar-refractivity contribution is 5.69. The van der Waals surface area contributed by atoms with Gasteiger partial charge in [0.1, 0.15) is 0 Å². The second-order valence-corrected chi connectivity index (χ2v) is 6.89. The third-order valence-corrected chi connectivity index (χ3v) is 4.33. The number of aliphatic carboxylic acids is 1. The molecule has 0 spiro atoms. The average Bonchev–Trinajstić information content (AvgIpc) is 2.58. The van der Waals surface area contributed by atoms with Crippen molar-refractivity contribution in [3.63, 3.8) is 0 Å². The first-order valence-corrected chi connectivity index (χ1v) is 10.4. The van der Waals surface area contributed by atoms with Crippen LogP contribution in [0.4, 0.5) is 0 Å². The zero-order valence-corrected chi connectivity index (χ0v) is 16.7. The van der Waals surface area contributed by atoms with E-state index in [1.54, 1.807) is 0 Å². The van der Waals surface area contributed by atoms with E-state index in [0.29, 0.717) is 0 Å². The van der Waals surface area contributed by atoms with E-state index in [2.05, 4.69) is 43.1 Å². The molecule has 0 aliphatic rings. The predicted molar refractivity (Wildman–Crippen MR) is 109 cm³/mol. The van der Waals surface area contributed by atoms with E-state index in [0.717, 1.165) is 38.8 Å². The highest BCUT2D eigenvalue weighted by Crippen LogP contribution is 2.05. The molecular weight excluding hydrogens is 310 g/mol. The van der Waals surface area contributed by atoms with Gasteiger partial charge in [0.05, 0.1) is 6.54 Å². The van der Waals surface area contributed by atoms with Crippen LogP contribution in [0.5, 0.6) is 0 Å². The first kappa shape index (κ1) is 23.9. The third kappa shape index (κ3) is 19.1. The summed E-state index contributed by atoms with van der Waals surface area (Å²) >= 11 is 0. The van der Waals surface area contributed by atoms with Gasteiger partial charge >= 0.3 is 5.97 Å². The molecule has 1 N–H and O–H groups in total. The maximum Gasteiger partial charge on any atom is 0.317 e. The van der Waals surface area contributed by atoms with Gasteiger partial charge in [-0.1, -0.05) is 63.8 Å². The lowest BCUT2D eigenvalue weighted by molar-refractivity contribution is -0.138. The lowest BCUT2D eigenvalue weighted by Gasteiger charge is -2.19. The van der Waals surface area contributed by atoms with Crippen molar-refractivity contribution in [1.82, 2.24) is 4.90 Å². The molecule has 0 aliphatic heterocycles. The van der Waals surface area contributed by atoms with Gasteiger partial charge in [-0.05, 0) is 64.5 Å². The molecule has 0 aromatic rings. The first-order chi connectivity index (χ1) is 12.2. The van der Waals surface area contributed by atoms with Crippen molar-refractivity contribution >= 4 is 5.97 Å². The molecule has 0 rings (SSSR count). The molecule has 25 heavy (non-hydrogen) atoms. The fourth-order valence-electron chi connectivity index (χ4n) is 2.82. The van der Waals surface area contributed by atoms with E-state index in [1.807, 2.05) is 0 Å². The van der Waals surface area contributed by atoms with Gasteiger partial charge in [0, 0.05) is 0 Å². The fraction of sp³-hybridized carbons (Fsp3) is 0.773. The molecule has 0 bridgehead atoms. The minimum atomic E-state index is -0.717. The number of unbranched alkanes of at least 4 members (excludes halogenated alkanes) is 8. The van der Waals surface area contributed by atoms with Crippen LogP contribution in [0.1, 0.15) is 90.9 Å². The van der Waals surface area contributed by atoms with Crippen LogP contribution in [0.2, 0.25) is 0 Å². The Morgan fingerprint density at radius 3 is 1.48 bits per heavy atom. The van der Waals surface area contributed by atoms with Crippen LogP contribution in [0.3, 0.4) is 0 Å². The molecule has 0 fully saturated rings. The van der Waals surface area contributed by atoms with Crippen LogP contribution < -0.4 is 0 Å². The number of carboxylic acids is 1. The minimum Gasteiger partial charge on any atom is -0.480 e. The SMILES string of the molecule is CCCCC/C=C/CCCN(CCC/C=C/CCCCC)CC(=O)O. The quantitative estimate of drug-likeness (QED) is 0.236. The molecule has 0 aromatic carbocycles. The van der Waals surface area contributed by atoms with Crippen molar-refractivity contribution < 1.29 is 9.90 Å². The van der Waals surface area contributed by atoms with Gasteiger partial charge in [-0.25, -0.2) is 0 Å². The predicted octanol–water partition coefficient (Wildman–Crippen LogP) is 6.21. The summed E-state index contributed by atoms with van der Waals surface area (Å²) in [6.45, 7) is 6.38. The number of carboxylic acid groups (broad SMARTS) is 1. The van der Waals surface area contributed by atoms with E-state index in [9.17, 15) is 4.79 Å². The summed E-state index contributed by atoms with van der Waals surface area (Å²) in [7, 11) is 0. The standard InChI is InChI=1S/C22H41NO2/c1-3-5-7-9-11-13-15-17-19-23(21-22(24)25)20-18-16-14-12-10-8-6-4-2/h11-14H,3-10,15-21H2,1-2H3,(H,24,25)/b13-11+,14-12+. The van der Waals surface area contributed by atoms with Gasteiger partial charge in [0.2, 0.25) is 0 Å². The van der Waals surface area contributed by atoms with Gasteiger partial charge in [0.15, 0.2) is 0 Å². The van der Waals surface area contributed by atoms with Crippen LogP contribution in [0.25, 0.3) is 0 Å². The first-order valence-electron chi connectivity index (χ1n) is 10.4. The molecular formula is C22H41NO2. The van der Waals surface area contributed by atoms with Gasteiger partial charge in [-0.15, -0.1) is 0 Å². The Hall–Kier alpha value is -1.09. The largest absolute Gasteiger partial charge is 0.480 e. The molecule has 0 saturated heterocycles. The lowest BCUT2D eigenvalue weighted by Crippen LogP contribution is -2.31. The van der Waals surface area contributed by atoms with Crippen LogP contribution >= 0.6 is 0 Å². The molecule has 0 aliphatic carbocycles. The summed E-state index contributed by atoms with van der Waals surface area (Å²) in [5.74, 6) is -0.717. The van der Waals surface area contributed by atoms with Crippen molar-refractivity contribution in [3.8, 4) is 0 Å². The maximum absolute atomic E-state index is 11.0. The Balaban J connectivity index is 3.79. The fourth-order valence-corrected chi connectivity index (χ4v) is 2.82. The molecule has 146 valence electrons.